The molecule has 1 aliphatic carbocycles. The van der Waals surface area contributed by atoms with Crippen molar-refractivity contribution < 1.29 is 19.1 Å². The second-order valence-corrected chi connectivity index (χ2v) is 6.90. The zero-order valence-corrected chi connectivity index (χ0v) is 15.3. The fraction of sp³-hybridized carbons (Fsp3) is 0.286. The van der Waals surface area contributed by atoms with Crippen LogP contribution in [0.1, 0.15) is 17.5 Å². The highest BCUT2D eigenvalue weighted by Crippen LogP contribution is 2.41. The number of rotatable bonds is 6. The van der Waals surface area contributed by atoms with Crippen molar-refractivity contribution in [3.63, 3.8) is 0 Å². The number of para-hydroxylation sites is 1. The van der Waals surface area contributed by atoms with Gasteiger partial charge in [0.1, 0.15) is 24.4 Å². The maximum Gasteiger partial charge on any atom is 0.325 e. The van der Waals surface area contributed by atoms with Crippen LogP contribution in [0.2, 0.25) is 0 Å². The normalized spacial score (nSPS) is 20.2. The van der Waals surface area contributed by atoms with E-state index in [2.05, 4.69) is 10.6 Å². The smallest absolute Gasteiger partial charge is 0.325 e. The number of imide groups is 1. The van der Waals surface area contributed by atoms with Crippen molar-refractivity contribution in [3.8, 4) is 5.75 Å². The standard InChI is InChI=1S/C21H21N3O4/c25-18(22-12-13-28-16-7-2-1-3-8-16)14-24-19(26)21(23-20(24)27)11-10-15-6-4-5-9-17(15)21/h1-9H,10-14H2,(H,22,25)(H,23,27)/t21-/m0/s1. The lowest BCUT2D eigenvalue weighted by atomic mass is 9.92. The number of amides is 4. The Morgan fingerprint density at radius 3 is 2.68 bits per heavy atom. The average Bonchev–Trinajstić information content (AvgIpc) is 3.20. The molecule has 0 unspecified atom stereocenters. The fourth-order valence-corrected chi connectivity index (χ4v) is 3.81. The molecule has 0 bridgehead atoms. The van der Waals surface area contributed by atoms with E-state index < -0.39 is 17.5 Å². The summed E-state index contributed by atoms with van der Waals surface area (Å²) in [6.45, 7) is 0.276. The molecule has 4 rings (SSSR count). The maximum atomic E-state index is 13.0. The van der Waals surface area contributed by atoms with Gasteiger partial charge in [0.2, 0.25) is 5.91 Å². The Kier molecular flexibility index (Phi) is 4.73. The first-order chi connectivity index (χ1) is 13.6. The van der Waals surface area contributed by atoms with Crippen molar-refractivity contribution in [1.82, 2.24) is 15.5 Å². The highest BCUT2D eigenvalue weighted by Gasteiger charge is 2.55. The molecule has 7 nitrogen and oxygen atoms in total. The second-order valence-electron chi connectivity index (χ2n) is 6.90. The fourth-order valence-electron chi connectivity index (χ4n) is 3.81. The Labute approximate surface area is 162 Å². The molecule has 2 aromatic rings. The molecule has 1 spiro atoms. The molecule has 144 valence electrons. The molecule has 28 heavy (non-hydrogen) atoms. The van der Waals surface area contributed by atoms with Crippen LogP contribution in [0.5, 0.6) is 5.75 Å². The summed E-state index contributed by atoms with van der Waals surface area (Å²) in [5.41, 5.74) is 0.845. The van der Waals surface area contributed by atoms with Crippen LogP contribution >= 0.6 is 0 Å². The number of fused-ring (bicyclic) bond motifs is 2. The van der Waals surface area contributed by atoms with Gasteiger partial charge in [0.05, 0.1) is 6.54 Å². The molecule has 1 aliphatic heterocycles. The van der Waals surface area contributed by atoms with Crippen LogP contribution in [0.4, 0.5) is 4.79 Å². The van der Waals surface area contributed by atoms with Crippen LogP contribution in [0.25, 0.3) is 0 Å². The highest BCUT2D eigenvalue weighted by molar-refractivity contribution is 6.09. The topological polar surface area (TPSA) is 87.7 Å². The van der Waals surface area contributed by atoms with Gasteiger partial charge in [-0.3, -0.25) is 14.5 Å². The minimum Gasteiger partial charge on any atom is -0.492 e. The molecule has 1 atom stereocenters. The Balaban J connectivity index is 1.33. The Morgan fingerprint density at radius 2 is 1.86 bits per heavy atom. The van der Waals surface area contributed by atoms with Crippen molar-refractivity contribution in [2.75, 3.05) is 19.7 Å². The summed E-state index contributed by atoms with van der Waals surface area (Å²) in [7, 11) is 0. The zero-order valence-electron chi connectivity index (χ0n) is 15.3. The van der Waals surface area contributed by atoms with E-state index in [1.165, 1.54) is 0 Å². The predicted molar refractivity (Wildman–Crippen MR) is 102 cm³/mol. The molecule has 2 N–H and O–H groups in total. The van der Waals surface area contributed by atoms with E-state index in [-0.39, 0.29) is 19.0 Å². The van der Waals surface area contributed by atoms with E-state index in [0.717, 1.165) is 22.4 Å². The number of carbonyl (C=O) groups excluding carboxylic acids is 3. The number of benzene rings is 2. The monoisotopic (exact) mass is 379 g/mol. The second kappa shape index (κ2) is 7.34. The van der Waals surface area contributed by atoms with Crippen molar-refractivity contribution in [2.45, 2.75) is 18.4 Å². The van der Waals surface area contributed by atoms with Gasteiger partial charge in [0, 0.05) is 0 Å². The number of hydrogen-bond donors (Lipinski definition) is 2. The quantitative estimate of drug-likeness (QED) is 0.589. The molecular formula is C21H21N3O4. The number of nitrogens with one attached hydrogen (secondary N) is 2. The van der Waals surface area contributed by atoms with E-state index in [4.69, 9.17) is 4.74 Å². The number of aryl methyl sites for hydroxylation is 1. The highest BCUT2D eigenvalue weighted by atomic mass is 16.5. The van der Waals surface area contributed by atoms with Crippen LogP contribution in [0.15, 0.2) is 54.6 Å². The van der Waals surface area contributed by atoms with Gasteiger partial charge in [0.15, 0.2) is 0 Å². The Morgan fingerprint density at radius 1 is 1.11 bits per heavy atom. The van der Waals surface area contributed by atoms with E-state index in [0.29, 0.717) is 18.8 Å². The lowest BCUT2D eigenvalue weighted by Gasteiger charge is -2.22. The van der Waals surface area contributed by atoms with Gasteiger partial charge < -0.3 is 15.4 Å². The van der Waals surface area contributed by atoms with E-state index >= 15 is 0 Å². The zero-order chi connectivity index (χ0) is 19.6. The van der Waals surface area contributed by atoms with Crippen LogP contribution in [-0.2, 0) is 21.5 Å². The molecule has 1 saturated heterocycles. The van der Waals surface area contributed by atoms with Gasteiger partial charge in [0.25, 0.3) is 5.91 Å². The lowest BCUT2D eigenvalue weighted by molar-refractivity contribution is -0.135. The van der Waals surface area contributed by atoms with Gasteiger partial charge >= 0.3 is 6.03 Å². The van der Waals surface area contributed by atoms with Crippen molar-refractivity contribution in [1.29, 1.82) is 0 Å². The average molecular weight is 379 g/mol. The minimum atomic E-state index is -1.04. The first-order valence-electron chi connectivity index (χ1n) is 9.27. The summed E-state index contributed by atoms with van der Waals surface area (Å²) in [5.74, 6) is -0.0469. The molecule has 0 radical (unpaired) electrons. The first kappa shape index (κ1) is 18.0. The molecular weight excluding hydrogens is 358 g/mol. The molecule has 2 aliphatic rings. The predicted octanol–water partition coefficient (Wildman–Crippen LogP) is 1.58. The number of urea groups is 1. The van der Waals surface area contributed by atoms with Crippen LogP contribution in [0.3, 0.4) is 0 Å². The molecule has 7 heteroatoms. The Bertz CT molecular complexity index is 915. The minimum absolute atomic E-state index is 0.283. The maximum absolute atomic E-state index is 13.0. The third kappa shape index (κ3) is 3.19. The largest absolute Gasteiger partial charge is 0.492 e. The summed E-state index contributed by atoms with van der Waals surface area (Å²) < 4.78 is 5.51. The van der Waals surface area contributed by atoms with Gasteiger partial charge in [-0.15, -0.1) is 0 Å². The summed E-state index contributed by atoms with van der Waals surface area (Å²) in [5, 5.41) is 5.49. The van der Waals surface area contributed by atoms with Gasteiger partial charge in [-0.25, -0.2) is 4.79 Å². The molecule has 1 heterocycles. The van der Waals surface area contributed by atoms with Crippen molar-refractivity contribution in [2.24, 2.45) is 0 Å². The Hall–Kier alpha value is -3.35. The van der Waals surface area contributed by atoms with E-state index in [9.17, 15) is 14.4 Å². The number of ether oxygens (including phenoxy) is 1. The van der Waals surface area contributed by atoms with E-state index in [1.54, 1.807) is 0 Å². The van der Waals surface area contributed by atoms with E-state index in [1.807, 2.05) is 54.6 Å². The SMILES string of the molecule is O=C(CN1C(=O)N[C@]2(CCc3ccccc32)C1=O)NCCOc1ccccc1. The van der Waals surface area contributed by atoms with Gasteiger partial charge in [-0.1, -0.05) is 42.5 Å². The first-order valence-corrected chi connectivity index (χ1v) is 9.27. The number of carbonyl (C=O) groups is 3. The molecule has 1 fully saturated rings. The summed E-state index contributed by atoms with van der Waals surface area (Å²) >= 11 is 0. The number of hydrogen-bond acceptors (Lipinski definition) is 4. The van der Waals surface area contributed by atoms with Crippen LogP contribution < -0.4 is 15.4 Å². The van der Waals surface area contributed by atoms with Gasteiger partial charge in [-0.2, -0.15) is 0 Å². The van der Waals surface area contributed by atoms with Gasteiger partial charge in [-0.05, 0) is 36.1 Å². The molecule has 4 amide bonds. The van der Waals surface area contributed by atoms with Crippen molar-refractivity contribution >= 4 is 17.8 Å². The summed E-state index contributed by atoms with van der Waals surface area (Å²) in [4.78, 5) is 38.6. The van der Waals surface area contributed by atoms with Crippen LogP contribution in [0, 0.1) is 0 Å². The number of nitrogens with zero attached hydrogens (tertiary/aromatic N) is 1. The third-order valence-electron chi connectivity index (χ3n) is 5.16. The lowest BCUT2D eigenvalue weighted by Crippen LogP contribution is -2.44. The molecule has 0 aromatic heterocycles. The third-order valence-corrected chi connectivity index (χ3v) is 5.16. The van der Waals surface area contributed by atoms with Crippen molar-refractivity contribution in [3.05, 3.63) is 65.7 Å². The molecule has 0 saturated carbocycles. The summed E-state index contributed by atoms with van der Waals surface area (Å²) in [6, 6.07) is 16.3. The molecule has 2 aromatic carbocycles. The summed E-state index contributed by atoms with van der Waals surface area (Å²) in [6.07, 6.45) is 1.24. The van der Waals surface area contributed by atoms with Crippen LogP contribution in [-0.4, -0.2) is 42.4 Å².